The van der Waals surface area contributed by atoms with Crippen LogP contribution in [0.1, 0.15) is 11.1 Å². The third-order valence-corrected chi connectivity index (χ3v) is 2.25. The first-order chi connectivity index (χ1) is 6.79. The van der Waals surface area contributed by atoms with E-state index >= 15 is 0 Å². The summed E-state index contributed by atoms with van der Waals surface area (Å²) in [6.45, 7) is 7.52. The van der Waals surface area contributed by atoms with Crippen molar-refractivity contribution in [3.05, 3.63) is 73.5 Å². The Labute approximate surface area is 85.2 Å². The summed E-state index contributed by atoms with van der Waals surface area (Å²) in [5, 5.41) is 0. The zero-order chi connectivity index (χ0) is 9.97. The number of rotatable bonds is 0. The van der Waals surface area contributed by atoms with Crippen molar-refractivity contribution in [1.82, 2.24) is 0 Å². The van der Waals surface area contributed by atoms with Crippen LogP contribution in [0.2, 0.25) is 0 Å². The predicted molar refractivity (Wildman–Crippen MR) is 60.8 cm³/mol. The molecule has 2 radical (unpaired) electrons. The monoisotopic (exact) mass is 180 g/mol. The average Bonchev–Trinajstić information content (AvgIpc) is 2.68. The summed E-state index contributed by atoms with van der Waals surface area (Å²) in [5.74, 6) is 0. The first-order valence-corrected chi connectivity index (χ1v) is 4.61. The molecule has 0 saturated heterocycles. The second kappa shape index (κ2) is 3.67. The Balaban J connectivity index is 0.000000107. The largest absolute Gasteiger partial charge is 0.0622 e. The van der Waals surface area contributed by atoms with E-state index in [-0.39, 0.29) is 0 Å². The molecule has 2 aliphatic carbocycles. The molecule has 68 valence electrons. The molecule has 0 spiro atoms. The molecule has 2 aliphatic rings. The summed E-state index contributed by atoms with van der Waals surface area (Å²) in [5.41, 5.74) is 5.03. The molecule has 0 atom stereocenters. The third-order valence-electron chi connectivity index (χ3n) is 2.25. The molecule has 0 heterocycles. The van der Waals surface area contributed by atoms with Crippen LogP contribution < -0.4 is 0 Å². The number of benzene rings is 2. The van der Waals surface area contributed by atoms with Gasteiger partial charge in [-0.1, -0.05) is 48.5 Å². The van der Waals surface area contributed by atoms with Crippen LogP contribution in [0.4, 0.5) is 0 Å². The van der Waals surface area contributed by atoms with Crippen LogP contribution in [0.25, 0.3) is 11.1 Å². The molecule has 14 heavy (non-hydrogen) atoms. The molecule has 0 saturated carbocycles. The quantitative estimate of drug-likeness (QED) is 0.494. The fourth-order valence-corrected chi connectivity index (χ4v) is 1.36. The van der Waals surface area contributed by atoms with Crippen molar-refractivity contribution in [2.45, 2.75) is 0 Å². The van der Waals surface area contributed by atoms with Gasteiger partial charge in [0.1, 0.15) is 0 Å². The van der Waals surface area contributed by atoms with E-state index in [9.17, 15) is 0 Å². The highest BCUT2D eigenvalue weighted by molar-refractivity contribution is 5.90. The van der Waals surface area contributed by atoms with Crippen molar-refractivity contribution in [3.8, 4) is 11.1 Å². The first kappa shape index (κ1) is 9.01. The van der Waals surface area contributed by atoms with Crippen LogP contribution in [0.5, 0.6) is 0 Å². The van der Waals surface area contributed by atoms with Gasteiger partial charge in [-0.3, -0.25) is 0 Å². The SMILES string of the molecule is [CH2]c1c2cccc1-2.[CH2]c1ccccc1. The topological polar surface area (TPSA) is 0 Å². The maximum atomic E-state index is 3.79. The van der Waals surface area contributed by atoms with Crippen molar-refractivity contribution < 1.29 is 0 Å². The predicted octanol–water partition coefficient (Wildman–Crippen LogP) is 3.72. The summed E-state index contributed by atoms with van der Waals surface area (Å²) in [6, 6.07) is 16.1. The molecule has 1 aromatic rings. The van der Waals surface area contributed by atoms with Crippen LogP contribution in [-0.4, -0.2) is 0 Å². The first-order valence-electron chi connectivity index (χ1n) is 4.61. The van der Waals surface area contributed by atoms with Gasteiger partial charge >= 0.3 is 0 Å². The van der Waals surface area contributed by atoms with Gasteiger partial charge in [0.05, 0.1) is 0 Å². The van der Waals surface area contributed by atoms with Crippen molar-refractivity contribution in [1.29, 1.82) is 0 Å². The van der Waals surface area contributed by atoms with Crippen molar-refractivity contribution >= 4 is 0 Å². The molecular weight excluding hydrogens is 168 g/mol. The lowest BCUT2D eigenvalue weighted by atomic mass is 10.2. The average molecular weight is 180 g/mol. The summed E-state index contributed by atoms with van der Waals surface area (Å²) in [6.07, 6.45) is 0. The Bertz CT molecular complexity index is 407. The van der Waals surface area contributed by atoms with E-state index in [2.05, 4.69) is 32.0 Å². The molecule has 0 bridgehead atoms. The molecule has 0 heteroatoms. The van der Waals surface area contributed by atoms with Crippen molar-refractivity contribution in [2.24, 2.45) is 0 Å². The van der Waals surface area contributed by atoms with Crippen LogP contribution in [0, 0.1) is 13.8 Å². The zero-order valence-corrected chi connectivity index (χ0v) is 8.03. The summed E-state index contributed by atoms with van der Waals surface area (Å²) < 4.78 is 0. The third kappa shape index (κ3) is 1.85. The normalized spacial score (nSPS) is 10.1. The van der Waals surface area contributed by atoms with Gasteiger partial charge < -0.3 is 0 Å². The van der Waals surface area contributed by atoms with Gasteiger partial charge in [-0.05, 0) is 36.1 Å². The summed E-state index contributed by atoms with van der Waals surface area (Å²) in [7, 11) is 0. The Kier molecular flexibility index (Phi) is 2.36. The van der Waals surface area contributed by atoms with Crippen LogP contribution >= 0.6 is 0 Å². The van der Waals surface area contributed by atoms with E-state index in [0.29, 0.717) is 0 Å². The fraction of sp³-hybridized carbons (Fsp3) is 0. The molecule has 0 unspecified atom stereocenters. The van der Waals surface area contributed by atoms with E-state index in [0.717, 1.165) is 5.56 Å². The summed E-state index contributed by atoms with van der Waals surface area (Å²) >= 11 is 0. The number of fused-ring (bicyclic) bond motifs is 1. The van der Waals surface area contributed by atoms with Gasteiger partial charge in [0.25, 0.3) is 0 Å². The molecule has 3 rings (SSSR count). The van der Waals surface area contributed by atoms with Crippen molar-refractivity contribution in [3.63, 3.8) is 0 Å². The fourth-order valence-electron chi connectivity index (χ4n) is 1.36. The minimum Gasteiger partial charge on any atom is -0.0622 e. The molecule has 0 N–H and O–H groups in total. The van der Waals surface area contributed by atoms with Gasteiger partial charge in [0.2, 0.25) is 0 Å². The van der Waals surface area contributed by atoms with Crippen LogP contribution in [0.3, 0.4) is 0 Å². The highest BCUT2D eigenvalue weighted by Crippen LogP contribution is 2.40. The van der Waals surface area contributed by atoms with Crippen LogP contribution in [0.15, 0.2) is 48.5 Å². The molecule has 0 amide bonds. The lowest BCUT2D eigenvalue weighted by molar-refractivity contribution is 1.62. The second-order valence-corrected chi connectivity index (χ2v) is 3.32. The van der Waals surface area contributed by atoms with Gasteiger partial charge in [0.15, 0.2) is 0 Å². The highest BCUT2D eigenvalue weighted by atomic mass is 14.2. The van der Waals surface area contributed by atoms with E-state index in [1.807, 2.05) is 30.3 Å². The highest BCUT2D eigenvalue weighted by Gasteiger charge is 2.17. The molecule has 0 aliphatic heterocycles. The molecule has 1 aromatic carbocycles. The molecule has 0 aromatic heterocycles. The van der Waals surface area contributed by atoms with Crippen LogP contribution in [-0.2, 0) is 0 Å². The van der Waals surface area contributed by atoms with E-state index in [4.69, 9.17) is 0 Å². The Hall–Kier alpha value is -1.56. The van der Waals surface area contributed by atoms with E-state index < -0.39 is 0 Å². The lowest BCUT2D eigenvalue weighted by Crippen LogP contribution is -1.62. The zero-order valence-electron chi connectivity index (χ0n) is 8.03. The number of hydrogen-bond acceptors (Lipinski definition) is 0. The molecule has 0 fully saturated rings. The number of hydrogen-bond donors (Lipinski definition) is 0. The molecular formula is C14H12. The Morgan fingerprint density at radius 1 is 0.643 bits per heavy atom. The second-order valence-electron chi connectivity index (χ2n) is 3.32. The Morgan fingerprint density at radius 2 is 1.21 bits per heavy atom. The van der Waals surface area contributed by atoms with Gasteiger partial charge in [-0.2, -0.15) is 0 Å². The minimum absolute atomic E-state index is 1.07. The Morgan fingerprint density at radius 3 is 1.50 bits per heavy atom. The van der Waals surface area contributed by atoms with Gasteiger partial charge in [0, 0.05) is 0 Å². The standard InChI is InChI=1S/C7H5.C7H7/c1-5-6-3-2-4-7(5)6;1-7-5-3-2-4-6-7/h2-4H,1H2;2-6H,1H2. The van der Waals surface area contributed by atoms with E-state index in [1.54, 1.807) is 0 Å². The van der Waals surface area contributed by atoms with Crippen molar-refractivity contribution in [2.75, 3.05) is 0 Å². The minimum atomic E-state index is 1.07. The maximum absolute atomic E-state index is 3.79. The van der Waals surface area contributed by atoms with Gasteiger partial charge in [-0.15, -0.1) is 0 Å². The smallest absolute Gasteiger partial charge is 0.0143 e. The maximum Gasteiger partial charge on any atom is -0.0143 e. The lowest BCUT2D eigenvalue weighted by Gasteiger charge is -1.82. The van der Waals surface area contributed by atoms with Gasteiger partial charge in [-0.25, -0.2) is 0 Å². The molecule has 0 nitrogen and oxygen atoms in total. The van der Waals surface area contributed by atoms with E-state index in [1.165, 1.54) is 16.7 Å². The summed E-state index contributed by atoms with van der Waals surface area (Å²) in [4.78, 5) is 0.